The predicted molar refractivity (Wildman–Crippen MR) is 44.4 cm³/mol. The highest BCUT2D eigenvalue weighted by molar-refractivity contribution is 5.76. The van der Waals surface area contributed by atoms with Gasteiger partial charge in [-0.3, -0.25) is 0 Å². The van der Waals surface area contributed by atoms with Gasteiger partial charge in [-0.2, -0.15) is 0 Å². The summed E-state index contributed by atoms with van der Waals surface area (Å²) in [5.74, 6) is -0.727. The summed E-state index contributed by atoms with van der Waals surface area (Å²) in [6.07, 6.45) is -4.73. The molecule has 0 aromatic rings. The van der Waals surface area contributed by atoms with E-state index in [9.17, 15) is 15.0 Å². The summed E-state index contributed by atoms with van der Waals surface area (Å²) < 4.78 is 9.55. The molecule has 0 saturated carbocycles. The third kappa shape index (κ3) is 2.03. The standard InChI is InChI=1S/C8H14O6/c1-2-13-8(12)7-6(11)5(10)4(3-9)14-7/h4-7,9-11H,2-3H2,1H3/t4-,5-,6+,7+/m1/s1. The van der Waals surface area contributed by atoms with Crippen molar-refractivity contribution in [2.75, 3.05) is 13.2 Å². The lowest BCUT2D eigenvalue weighted by molar-refractivity contribution is -0.160. The molecule has 0 bridgehead atoms. The van der Waals surface area contributed by atoms with Crippen molar-refractivity contribution in [2.24, 2.45) is 0 Å². The minimum atomic E-state index is -1.34. The van der Waals surface area contributed by atoms with E-state index in [0.717, 1.165) is 0 Å². The normalized spacial score (nSPS) is 37.1. The molecule has 6 nitrogen and oxygen atoms in total. The Balaban J connectivity index is 2.60. The van der Waals surface area contributed by atoms with Gasteiger partial charge < -0.3 is 24.8 Å². The molecule has 1 heterocycles. The molecule has 6 heteroatoms. The highest BCUT2D eigenvalue weighted by Crippen LogP contribution is 2.21. The summed E-state index contributed by atoms with van der Waals surface area (Å²) in [6, 6.07) is 0. The van der Waals surface area contributed by atoms with Crippen molar-refractivity contribution in [1.29, 1.82) is 0 Å². The van der Waals surface area contributed by atoms with Crippen molar-refractivity contribution < 1.29 is 29.6 Å². The quantitative estimate of drug-likeness (QED) is 0.464. The molecule has 82 valence electrons. The molecular weight excluding hydrogens is 192 g/mol. The number of ether oxygens (including phenoxy) is 2. The molecule has 0 amide bonds. The van der Waals surface area contributed by atoms with Gasteiger partial charge in [0.05, 0.1) is 13.2 Å². The van der Waals surface area contributed by atoms with E-state index in [1.54, 1.807) is 6.92 Å². The van der Waals surface area contributed by atoms with Crippen LogP contribution in [-0.4, -0.2) is 58.9 Å². The van der Waals surface area contributed by atoms with Crippen molar-refractivity contribution >= 4 is 5.97 Å². The van der Waals surface area contributed by atoms with E-state index in [1.807, 2.05) is 0 Å². The van der Waals surface area contributed by atoms with Crippen molar-refractivity contribution in [3.63, 3.8) is 0 Å². The van der Waals surface area contributed by atoms with Crippen LogP contribution in [0, 0.1) is 0 Å². The monoisotopic (exact) mass is 206 g/mol. The van der Waals surface area contributed by atoms with Gasteiger partial charge in [-0.25, -0.2) is 4.79 Å². The third-order valence-corrected chi connectivity index (χ3v) is 2.06. The Kier molecular flexibility index (Phi) is 3.82. The van der Waals surface area contributed by atoms with Crippen LogP contribution < -0.4 is 0 Å². The lowest BCUT2D eigenvalue weighted by atomic mass is 10.1. The molecule has 0 radical (unpaired) electrons. The number of aliphatic hydroxyl groups excluding tert-OH is 3. The van der Waals surface area contributed by atoms with Crippen LogP contribution in [0.5, 0.6) is 0 Å². The number of rotatable bonds is 3. The Morgan fingerprint density at radius 3 is 2.50 bits per heavy atom. The molecule has 1 aliphatic heterocycles. The highest BCUT2D eigenvalue weighted by atomic mass is 16.6. The number of hydrogen-bond acceptors (Lipinski definition) is 6. The van der Waals surface area contributed by atoms with Gasteiger partial charge in [0.2, 0.25) is 0 Å². The highest BCUT2D eigenvalue weighted by Gasteiger charge is 2.46. The minimum absolute atomic E-state index is 0.172. The predicted octanol–water partition coefficient (Wildman–Crippen LogP) is -1.97. The van der Waals surface area contributed by atoms with Crippen LogP contribution in [0.4, 0.5) is 0 Å². The van der Waals surface area contributed by atoms with E-state index in [2.05, 4.69) is 4.74 Å². The zero-order valence-corrected chi connectivity index (χ0v) is 7.79. The molecule has 3 N–H and O–H groups in total. The summed E-state index contributed by atoms with van der Waals surface area (Å²) in [7, 11) is 0. The van der Waals surface area contributed by atoms with E-state index in [4.69, 9.17) is 9.84 Å². The van der Waals surface area contributed by atoms with E-state index < -0.39 is 37.0 Å². The van der Waals surface area contributed by atoms with Crippen LogP contribution >= 0.6 is 0 Å². The number of esters is 1. The number of carbonyl (C=O) groups is 1. The zero-order chi connectivity index (χ0) is 10.7. The largest absolute Gasteiger partial charge is 0.464 e. The van der Waals surface area contributed by atoms with Crippen molar-refractivity contribution in [3.8, 4) is 0 Å². The van der Waals surface area contributed by atoms with Gasteiger partial charge >= 0.3 is 5.97 Å². The van der Waals surface area contributed by atoms with Gasteiger partial charge in [0.25, 0.3) is 0 Å². The van der Waals surface area contributed by atoms with Crippen molar-refractivity contribution in [2.45, 2.75) is 31.3 Å². The second-order valence-corrected chi connectivity index (χ2v) is 3.01. The molecular formula is C8H14O6. The van der Waals surface area contributed by atoms with Crippen LogP contribution in [0.2, 0.25) is 0 Å². The number of aliphatic hydroxyl groups is 3. The molecule has 4 atom stereocenters. The summed E-state index contributed by atoms with van der Waals surface area (Å²) in [6.45, 7) is 1.35. The first-order valence-electron chi connectivity index (χ1n) is 4.40. The second kappa shape index (κ2) is 4.70. The average molecular weight is 206 g/mol. The fourth-order valence-corrected chi connectivity index (χ4v) is 1.32. The Labute approximate surface area is 81.1 Å². The molecule has 0 spiro atoms. The molecule has 1 rings (SSSR count). The first-order valence-corrected chi connectivity index (χ1v) is 4.40. The van der Waals surface area contributed by atoms with Gasteiger partial charge in [-0.05, 0) is 6.92 Å². The second-order valence-electron chi connectivity index (χ2n) is 3.01. The summed E-state index contributed by atoms with van der Waals surface area (Å²) in [5, 5.41) is 27.4. The van der Waals surface area contributed by atoms with Crippen molar-refractivity contribution in [1.82, 2.24) is 0 Å². The van der Waals surface area contributed by atoms with Crippen LogP contribution in [0.3, 0.4) is 0 Å². The van der Waals surface area contributed by atoms with Gasteiger partial charge in [-0.15, -0.1) is 0 Å². The van der Waals surface area contributed by atoms with Gasteiger partial charge in [0.15, 0.2) is 6.10 Å². The van der Waals surface area contributed by atoms with Crippen LogP contribution in [0.25, 0.3) is 0 Å². The van der Waals surface area contributed by atoms with E-state index in [0.29, 0.717) is 0 Å². The summed E-state index contributed by atoms with van der Waals surface area (Å²) in [4.78, 5) is 11.2. The Bertz CT molecular complexity index is 206. The van der Waals surface area contributed by atoms with Gasteiger partial charge in [0, 0.05) is 0 Å². The van der Waals surface area contributed by atoms with Crippen LogP contribution in [0.1, 0.15) is 6.92 Å². The van der Waals surface area contributed by atoms with E-state index in [-0.39, 0.29) is 6.61 Å². The maximum atomic E-state index is 11.2. The smallest absolute Gasteiger partial charge is 0.338 e. The fourth-order valence-electron chi connectivity index (χ4n) is 1.32. The molecule has 14 heavy (non-hydrogen) atoms. The molecule has 1 fully saturated rings. The van der Waals surface area contributed by atoms with Gasteiger partial charge in [0.1, 0.15) is 18.3 Å². The minimum Gasteiger partial charge on any atom is -0.464 e. The van der Waals surface area contributed by atoms with E-state index in [1.165, 1.54) is 0 Å². The average Bonchev–Trinajstić information content (AvgIpc) is 2.44. The molecule has 0 aliphatic carbocycles. The third-order valence-electron chi connectivity index (χ3n) is 2.06. The van der Waals surface area contributed by atoms with Gasteiger partial charge in [-0.1, -0.05) is 0 Å². The maximum Gasteiger partial charge on any atom is 0.338 e. The van der Waals surface area contributed by atoms with Crippen LogP contribution in [0.15, 0.2) is 0 Å². The SMILES string of the molecule is CCOC(=O)[C@H]1O[C@H](CO)[C@@H](O)[C@@H]1O. The van der Waals surface area contributed by atoms with E-state index >= 15 is 0 Å². The first kappa shape index (κ1) is 11.4. The number of hydrogen-bond donors (Lipinski definition) is 3. The zero-order valence-electron chi connectivity index (χ0n) is 7.79. The van der Waals surface area contributed by atoms with Crippen LogP contribution in [-0.2, 0) is 14.3 Å². The first-order chi connectivity index (χ1) is 6.61. The fraction of sp³-hybridized carbons (Fsp3) is 0.875. The molecule has 0 aromatic carbocycles. The summed E-state index contributed by atoms with van der Waals surface area (Å²) in [5.41, 5.74) is 0. The Morgan fingerprint density at radius 1 is 1.43 bits per heavy atom. The number of carbonyl (C=O) groups excluding carboxylic acids is 1. The summed E-state index contributed by atoms with van der Waals surface area (Å²) >= 11 is 0. The Morgan fingerprint density at radius 2 is 2.07 bits per heavy atom. The van der Waals surface area contributed by atoms with Crippen molar-refractivity contribution in [3.05, 3.63) is 0 Å². The molecule has 0 aromatic heterocycles. The lowest BCUT2D eigenvalue weighted by Gasteiger charge is -2.12. The molecule has 0 unspecified atom stereocenters. The molecule has 1 aliphatic rings. The molecule has 1 saturated heterocycles. The lowest BCUT2D eigenvalue weighted by Crippen LogP contribution is -2.37. The Hall–Kier alpha value is -0.690. The maximum absolute atomic E-state index is 11.2. The topological polar surface area (TPSA) is 96.2 Å².